The Morgan fingerprint density at radius 1 is 1.23 bits per heavy atom. The number of rotatable bonds is 5. The zero-order valence-electron chi connectivity index (χ0n) is 7.93. The summed E-state index contributed by atoms with van der Waals surface area (Å²) in [5.74, 6) is 0. The SMILES string of the molecule is CCN(CC)CC[C@H](O)C(F)(F)F. The minimum atomic E-state index is -4.48. The van der Waals surface area contributed by atoms with Gasteiger partial charge in [0.05, 0.1) is 0 Å². The molecule has 5 heteroatoms. The molecule has 0 radical (unpaired) electrons. The summed E-state index contributed by atoms with van der Waals surface area (Å²) in [6.07, 6.45) is -6.91. The molecule has 0 bridgehead atoms. The molecule has 0 aliphatic rings. The van der Waals surface area contributed by atoms with Crippen molar-refractivity contribution in [3.63, 3.8) is 0 Å². The second-order valence-corrected chi connectivity index (χ2v) is 2.87. The van der Waals surface area contributed by atoms with E-state index >= 15 is 0 Å². The van der Waals surface area contributed by atoms with Crippen LogP contribution in [-0.4, -0.2) is 41.9 Å². The van der Waals surface area contributed by atoms with Gasteiger partial charge in [-0.3, -0.25) is 0 Å². The van der Waals surface area contributed by atoms with E-state index in [1.807, 2.05) is 18.7 Å². The van der Waals surface area contributed by atoms with Crippen molar-refractivity contribution < 1.29 is 18.3 Å². The molecule has 0 saturated heterocycles. The van der Waals surface area contributed by atoms with Crippen LogP contribution >= 0.6 is 0 Å². The molecular weight excluding hydrogens is 183 g/mol. The average molecular weight is 199 g/mol. The summed E-state index contributed by atoms with van der Waals surface area (Å²) in [6.45, 7) is 5.46. The molecule has 2 nitrogen and oxygen atoms in total. The van der Waals surface area contributed by atoms with Crippen LogP contribution in [0.3, 0.4) is 0 Å². The molecule has 0 aromatic carbocycles. The Morgan fingerprint density at radius 2 is 1.69 bits per heavy atom. The Hall–Kier alpha value is -0.290. The van der Waals surface area contributed by atoms with E-state index in [0.29, 0.717) is 13.1 Å². The number of hydrogen-bond acceptors (Lipinski definition) is 2. The van der Waals surface area contributed by atoms with E-state index in [0.717, 1.165) is 0 Å². The maximum absolute atomic E-state index is 11.8. The van der Waals surface area contributed by atoms with Crippen molar-refractivity contribution in [2.24, 2.45) is 0 Å². The number of alkyl halides is 3. The van der Waals surface area contributed by atoms with Crippen LogP contribution in [0.15, 0.2) is 0 Å². The minimum absolute atomic E-state index is 0.245. The van der Waals surface area contributed by atoms with Crippen molar-refractivity contribution in [2.75, 3.05) is 19.6 Å². The molecule has 13 heavy (non-hydrogen) atoms. The Kier molecular flexibility index (Phi) is 5.32. The van der Waals surface area contributed by atoms with Crippen molar-refractivity contribution >= 4 is 0 Å². The van der Waals surface area contributed by atoms with E-state index in [1.165, 1.54) is 0 Å². The monoisotopic (exact) mass is 199 g/mol. The van der Waals surface area contributed by atoms with Crippen LogP contribution < -0.4 is 0 Å². The molecule has 1 atom stereocenters. The highest BCUT2D eigenvalue weighted by atomic mass is 19.4. The molecule has 80 valence electrons. The lowest BCUT2D eigenvalue weighted by molar-refractivity contribution is -0.206. The van der Waals surface area contributed by atoms with Gasteiger partial charge >= 0.3 is 6.18 Å². The van der Waals surface area contributed by atoms with E-state index in [9.17, 15) is 13.2 Å². The normalized spacial score (nSPS) is 15.0. The summed E-state index contributed by atoms with van der Waals surface area (Å²) in [4.78, 5) is 1.84. The second-order valence-electron chi connectivity index (χ2n) is 2.87. The summed E-state index contributed by atoms with van der Waals surface area (Å²) in [5.41, 5.74) is 0. The zero-order valence-corrected chi connectivity index (χ0v) is 7.93. The molecule has 0 aliphatic heterocycles. The van der Waals surface area contributed by atoms with Gasteiger partial charge in [0.25, 0.3) is 0 Å². The Balaban J connectivity index is 3.75. The van der Waals surface area contributed by atoms with Gasteiger partial charge < -0.3 is 10.0 Å². The Bertz CT molecular complexity index is 134. The van der Waals surface area contributed by atoms with Gasteiger partial charge in [0, 0.05) is 6.54 Å². The second kappa shape index (κ2) is 5.44. The van der Waals surface area contributed by atoms with Crippen LogP contribution in [0.5, 0.6) is 0 Å². The third-order valence-electron chi connectivity index (χ3n) is 1.99. The van der Waals surface area contributed by atoms with Gasteiger partial charge in [-0.1, -0.05) is 13.8 Å². The number of aliphatic hydroxyl groups excluding tert-OH is 1. The molecule has 0 aliphatic carbocycles. The molecule has 0 aromatic heterocycles. The van der Waals surface area contributed by atoms with Crippen molar-refractivity contribution in [1.82, 2.24) is 4.90 Å². The van der Waals surface area contributed by atoms with Crippen molar-refractivity contribution in [3.8, 4) is 0 Å². The van der Waals surface area contributed by atoms with E-state index < -0.39 is 12.3 Å². The first kappa shape index (κ1) is 12.7. The molecule has 0 amide bonds. The molecule has 1 N–H and O–H groups in total. The quantitative estimate of drug-likeness (QED) is 0.727. The maximum Gasteiger partial charge on any atom is 0.414 e. The van der Waals surface area contributed by atoms with Gasteiger partial charge in [-0.15, -0.1) is 0 Å². The van der Waals surface area contributed by atoms with E-state index in [-0.39, 0.29) is 13.0 Å². The van der Waals surface area contributed by atoms with Gasteiger partial charge in [-0.25, -0.2) is 0 Å². The van der Waals surface area contributed by atoms with Crippen LogP contribution in [0.1, 0.15) is 20.3 Å². The molecule has 0 saturated carbocycles. The molecule has 0 spiro atoms. The molecule has 0 aromatic rings. The lowest BCUT2D eigenvalue weighted by Gasteiger charge is -2.21. The van der Waals surface area contributed by atoms with Gasteiger partial charge in [-0.05, 0) is 19.5 Å². The first-order chi connectivity index (χ1) is 5.91. The minimum Gasteiger partial charge on any atom is -0.384 e. The number of aliphatic hydroxyl groups is 1. The number of nitrogens with zero attached hydrogens (tertiary/aromatic N) is 1. The van der Waals surface area contributed by atoms with Crippen LogP contribution in [0.25, 0.3) is 0 Å². The summed E-state index contributed by atoms with van der Waals surface area (Å²) in [5, 5.41) is 8.67. The largest absolute Gasteiger partial charge is 0.414 e. The first-order valence-corrected chi connectivity index (χ1v) is 4.38. The van der Waals surface area contributed by atoms with E-state index in [4.69, 9.17) is 5.11 Å². The first-order valence-electron chi connectivity index (χ1n) is 4.38. The van der Waals surface area contributed by atoms with Crippen LogP contribution in [0.2, 0.25) is 0 Å². The maximum atomic E-state index is 11.8. The smallest absolute Gasteiger partial charge is 0.384 e. The van der Waals surface area contributed by atoms with Crippen LogP contribution in [-0.2, 0) is 0 Å². The number of halogens is 3. The van der Waals surface area contributed by atoms with E-state index in [2.05, 4.69) is 0 Å². The molecular formula is C8H16F3NO. The summed E-state index contributed by atoms with van der Waals surface area (Å²) >= 11 is 0. The fraction of sp³-hybridized carbons (Fsp3) is 1.00. The fourth-order valence-electron chi connectivity index (χ4n) is 1.01. The summed E-state index contributed by atoms with van der Waals surface area (Å²) in [6, 6.07) is 0. The Labute approximate surface area is 76.3 Å². The van der Waals surface area contributed by atoms with E-state index in [1.54, 1.807) is 0 Å². The lowest BCUT2D eigenvalue weighted by Crippen LogP contribution is -2.34. The molecule has 0 unspecified atom stereocenters. The van der Waals surface area contributed by atoms with Gasteiger partial charge in [-0.2, -0.15) is 13.2 Å². The van der Waals surface area contributed by atoms with Crippen LogP contribution in [0.4, 0.5) is 13.2 Å². The predicted molar refractivity (Wildman–Crippen MR) is 44.5 cm³/mol. The predicted octanol–water partition coefficient (Wildman–Crippen LogP) is 1.64. The fourth-order valence-corrected chi connectivity index (χ4v) is 1.01. The zero-order chi connectivity index (χ0) is 10.5. The molecule has 0 heterocycles. The number of hydrogen-bond donors (Lipinski definition) is 1. The van der Waals surface area contributed by atoms with Crippen LogP contribution in [0, 0.1) is 0 Å². The summed E-state index contributed by atoms with van der Waals surface area (Å²) in [7, 11) is 0. The van der Waals surface area contributed by atoms with Gasteiger partial charge in [0.1, 0.15) is 0 Å². The topological polar surface area (TPSA) is 23.5 Å². The molecule has 0 fully saturated rings. The van der Waals surface area contributed by atoms with Crippen molar-refractivity contribution in [1.29, 1.82) is 0 Å². The third-order valence-corrected chi connectivity index (χ3v) is 1.99. The molecule has 0 rings (SSSR count). The third kappa shape index (κ3) is 5.10. The van der Waals surface area contributed by atoms with Crippen molar-refractivity contribution in [3.05, 3.63) is 0 Å². The standard InChI is InChI=1S/C8H16F3NO/c1-3-12(4-2)6-5-7(13)8(9,10)11/h7,13H,3-6H2,1-2H3/t7-/m0/s1. The highest BCUT2D eigenvalue weighted by molar-refractivity contribution is 4.67. The highest BCUT2D eigenvalue weighted by Gasteiger charge is 2.37. The van der Waals surface area contributed by atoms with Gasteiger partial charge in [0.2, 0.25) is 0 Å². The summed E-state index contributed by atoms with van der Waals surface area (Å²) < 4.78 is 35.5. The van der Waals surface area contributed by atoms with Gasteiger partial charge in [0.15, 0.2) is 6.10 Å². The average Bonchev–Trinajstić information content (AvgIpc) is 2.04. The van der Waals surface area contributed by atoms with Crippen molar-refractivity contribution in [2.45, 2.75) is 32.5 Å². The Morgan fingerprint density at radius 3 is 2.00 bits per heavy atom. The highest BCUT2D eigenvalue weighted by Crippen LogP contribution is 2.22. The lowest BCUT2D eigenvalue weighted by atomic mass is 10.2.